The van der Waals surface area contributed by atoms with Gasteiger partial charge in [0.1, 0.15) is 17.5 Å². The first kappa shape index (κ1) is 19.4. The zero-order chi connectivity index (χ0) is 19.2. The molecule has 0 aliphatic rings. The Kier molecular flexibility index (Phi) is 6.31. The van der Waals surface area contributed by atoms with Crippen molar-refractivity contribution in [3.8, 4) is 0 Å². The summed E-state index contributed by atoms with van der Waals surface area (Å²) in [5.74, 6) is -1.86. The lowest BCUT2D eigenvalue weighted by Gasteiger charge is -2.13. The molecule has 0 saturated carbocycles. The van der Waals surface area contributed by atoms with E-state index in [0.717, 1.165) is 18.2 Å². The van der Waals surface area contributed by atoms with Crippen molar-refractivity contribution < 1.29 is 26.7 Å². The van der Waals surface area contributed by atoms with E-state index in [1.807, 2.05) is 0 Å². The molecule has 0 unspecified atom stereocenters. The standard InChI is InChI=1S/C16H15F5N4O/c17-11-6-10(7-12(18)8-11)9-25-15(26)24-5-4-23-14-13(16(19,20)21)2-1-3-22-14/h1-3,6-8H,4-5,9H2,(H,22,23)(H2,24,25,26). The fourth-order valence-corrected chi connectivity index (χ4v) is 2.09. The number of carbonyl (C=O) groups is 1. The Labute approximate surface area is 145 Å². The van der Waals surface area contributed by atoms with E-state index < -0.39 is 29.4 Å². The highest BCUT2D eigenvalue weighted by Gasteiger charge is 2.33. The fourth-order valence-electron chi connectivity index (χ4n) is 2.09. The van der Waals surface area contributed by atoms with E-state index in [-0.39, 0.29) is 31.0 Å². The second-order valence-corrected chi connectivity index (χ2v) is 5.21. The number of benzene rings is 1. The lowest BCUT2D eigenvalue weighted by molar-refractivity contribution is -0.137. The number of carbonyl (C=O) groups excluding carboxylic acids is 1. The minimum absolute atomic E-state index is 0.00209. The van der Waals surface area contributed by atoms with Crippen molar-refractivity contribution in [3.63, 3.8) is 0 Å². The van der Waals surface area contributed by atoms with Crippen LogP contribution in [0, 0.1) is 11.6 Å². The Hall–Kier alpha value is -2.91. The van der Waals surface area contributed by atoms with Crippen LogP contribution in [-0.4, -0.2) is 24.1 Å². The number of halogens is 5. The van der Waals surface area contributed by atoms with Gasteiger partial charge < -0.3 is 16.0 Å². The van der Waals surface area contributed by atoms with E-state index in [2.05, 4.69) is 20.9 Å². The van der Waals surface area contributed by atoms with Crippen LogP contribution in [-0.2, 0) is 12.7 Å². The van der Waals surface area contributed by atoms with Gasteiger partial charge in [0.05, 0.1) is 5.56 Å². The highest BCUT2D eigenvalue weighted by atomic mass is 19.4. The summed E-state index contributed by atoms with van der Waals surface area (Å²) < 4.78 is 64.4. The second kappa shape index (κ2) is 8.45. The molecule has 5 nitrogen and oxygen atoms in total. The molecule has 26 heavy (non-hydrogen) atoms. The van der Waals surface area contributed by atoms with Crippen molar-refractivity contribution in [3.05, 3.63) is 59.3 Å². The summed E-state index contributed by atoms with van der Waals surface area (Å²) >= 11 is 0. The molecule has 3 N–H and O–H groups in total. The number of nitrogens with zero attached hydrogens (tertiary/aromatic N) is 1. The number of amides is 2. The van der Waals surface area contributed by atoms with Gasteiger partial charge in [0, 0.05) is 31.9 Å². The maximum absolute atomic E-state index is 13.0. The molecule has 2 rings (SSSR count). The topological polar surface area (TPSA) is 66.0 Å². The predicted octanol–water partition coefficient (Wildman–Crippen LogP) is 3.29. The van der Waals surface area contributed by atoms with E-state index in [0.29, 0.717) is 6.07 Å². The lowest BCUT2D eigenvalue weighted by Crippen LogP contribution is -2.37. The van der Waals surface area contributed by atoms with Gasteiger partial charge in [0.15, 0.2) is 0 Å². The molecule has 10 heteroatoms. The van der Waals surface area contributed by atoms with Crippen LogP contribution in [0.25, 0.3) is 0 Å². The van der Waals surface area contributed by atoms with Crippen molar-refractivity contribution in [2.75, 3.05) is 18.4 Å². The van der Waals surface area contributed by atoms with Crippen LogP contribution in [0.1, 0.15) is 11.1 Å². The third-order valence-corrected chi connectivity index (χ3v) is 3.19. The van der Waals surface area contributed by atoms with E-state index >= 15 is 0 Å². The quantitative estimate of drug-likeness (QED) is 0.537. The lowest BCUT2D eigenvalue weighted by atomic mass is 10.2. The van der Waals surface area contributed by atoms with Gasteiger partial charge in [0.25, 0.3) is 0 Å². The number of rotatable bonds is 6. The average Bonchev–Trinajstić information content (AvgIpc) is 2.55. The maximum Gasteiger partial charge on any atom is 0.419 e. The van der Waals surface area contributed by atoms with Crippen molar-refractivity contribution in [2.24, 2.45) is 0 Å². The summed E-state index contributed by atoms with van der Waals surface area (Å²) in [4.78, 5) is 15.2. The predicted molar refractivity (Wildman–Crippen MR) is 84.3 cm³/mol. The maximum atomic E-state index is 13.0. The Morgan fingerprint density at radius 1 is 1.04 bits per heavy atom. The van der Waals surface area contributed by atoms with Crippen LogP contribution in [0.15, 0.2) is 36.5 Å². The van der Waals surface area contributed by atoms with Gasteiger partial charge in [-0.05, 0) is 29.8 Å². The molecule has 0 atom stereocenters. The Morgan fingerprint density at radius 3 is 2.38 bits per heavy atom. The van der Waals surface area contributed by atoms with Crippen LogP contribution in [0.3, 0.4) is 0 Å². The van der Waals surface area contributed by atoms with E-state index in [4.69, 9.17) is 0 Å². The first-order valence-electron chi connectivity index (χ1n) is 7.48. The van der Waals surface area contributed by atoms with Crippen LogP contribution in [0.5, 0.6) is 0 Å². The summed E-state index contributed by atoms with van der Waals surface area (Å²) in [5, 5.41) is 7.27. The van der Waals surface area contributed by atoms with Crippen molar-refractivity contribution in [1.29, 1.82) is 0 Å². The Balaban J connectivity index is 1.76. The molecule has 0 saturated heterocycles. The summed E-state index contributed by atoms with van der Waals surface area (Å²) in [6, 6.07) is 4.30. The van der Waals surface area contributed by atoms with Crippen LogP contribution in [0.4, 0.5) is 32.6 Å². The number of pyridine rings is 1. The third-order valence-electron chi connectivity index (χ3n) is 3.19. The van der Waals surface area contributed by atoms with Crippen molar-refractivity contribution >= 4 is 11.8 Å². The van der Waals surface area contributed by atoms with E-state index in [9.17, 15) is 26.7 Å². The minimum atomic E-state index is -4.54. The zero-order valence-corrected chi connectivity index (χ0v) is 13.3. The molecule has 1 heterocycles. The van der Waals surface area contributed by atoms with Gasteiger partial charge in [-0.2, -0.15) is 13.2 Å². The minimum Gasteiger partial charge on any atom is -0.368 e. The van der Waals surface area contributed by atoms with Gasteiger partial charge in [-0.1, -0.05) is 0 Å². The van der Waals surface area contributed by atoms with E-state index in [1.54, 1.807) is 0 Å². The van der Waals surface area contributed by atoms with E-state index in [1.165, 1.54) is 12.3 Å². The van der Waals surface area contributed by atoms with Gasteiger partial charge in [-0.15, -0.1) is 0 Å². The number of hydrogen-bond donors (Lipinski definition) is 3. The monoisotopic (exact) mass is 374 g/mol. The van der Waals surface area contributed by atoms with Gasteiger partial charge in [-0.25, -0.2) is 18.6 Å². The van der Waals surface area contributed by atoms with Crippen molar-refractivity contribution in [2.45, 2.75) is 12.7 Å². The average molecular weight is 374 g/mol. The zero-order valence-electron chi connectivity index (χ0n) is 13.3. The van der Waals surface area contributed by atoms with Crippen LogP contribution < -0.4 is 16.0 Å². The number of nitrogens with one attached hydrogen (secondary N) is 3. The summed E-state index contributed by atoms with van der Waals surface area (Å²) in [7, 11) is 0. The largest absolute Gasteiger partial charge is 0.419 e. The SMILES string of the molecule is O=C(NCCNc1ncccc1C(F)(F)F)NCc1cc(F)cc(F)c1. The number of urea groups is 1. The fraction of sp³-hybridized carbons (Fsp3) is 0.250. The first-order valence-corrected chi connectivity index (χ1v) is 7.48. The Morgan fingerprint density at radius 2 is 1.73 bits per heavy atom. The second-order valence-electron chi connectivity index (χ2n) is 5.21. The first-order chi connectivity index (χ1) is 12.3. The van der Waals surface area contributed by atoms with Gasteiger partial charge in [-0.3, -0.25) is 0 Å². The molecule has 0 spiro atoms. The molecule has 2 aromatic rings. The summed E-state index contributed by atoms with van der Waals surface area (Å²) in [5.41, 5.74) is -0.670. The normalized spacial score (nSPS) is 11.1. The number of hydrogen-bond acceptors (Lipinski definition) is 3. The Bertz CT molecular complexity index is 746. The highest BCUT2D eigenvalue weighted by Crippen LogP contribution is 2.33. The molecule has 0 fully saturated rings. The highest BCUT2D eigenvalue weighted by molar-refractivity contribution is 5.73. The van der Waals surface area contributed by atoms with Crippen molar-refractivity contribution in [1.82, 2.24) is 15.6 Å². The molecule has 1 aromatic heterocycles. The number of aromatic nitrogens is 1. The molecular formula is C16H15F5N4O. The third kappa shape index (κ3) is 5.87. The smallest absolute Gasteiger partial charge is 0.368 e. The molecule has 140 valence electrons. The number of alkyl halides is 3. The molecule has 0 radical (unpaired) electrons. The number of anilines is 1. The summed E-state index contributed by atoms with van der Waals surface area (Å²) in [6.45, 7) is -0.0915. The van der Waals surface area contributed by atoms with Gasteiger partial charge in [0.2, 0.25) is 0 Å². The summed E-state index contributed by atoms with van der Waals surface area (Å²) in [6.07, 6.45) is -3.32. The molecule has 0 bridgehead atoms. The van der Waals surface area contributed by atoms with Crippen LogP contribution >= 0.6 is 0 Å². The van der Waals surface area contributed by atoms with Gasteiger partial charge >= 0.3 is 12.2 Å². The molecule has 1 aromatic carbocycles. The molecular weight excluding hydrogens is 359 g/mol. The molecule has 0 aliphatic carbocycles. The van der Waals surface area contributed by atoms with Crippen LogP contribution in [0.2, 0.25) is 0 Å². The molecule has 2 amide bonds. The molecule has 0 aliphatic heterocycles.